The van der Waals surface area contributed by atoms with Crippen LogP contribution in [0.2, 0.25) is 0 Å². The molecule has 3 N–H and O–H groups in total. The molecule has 0 aliphatic rings. The molecule has 1 atom stereocenters. The van der Waals surface area contributed by atoms with E-state index in [1.54, 1.807) is 6.07 Å². The molecular weight excluding hydrogens is 238 g/mol. The van der Waals surface area contributed by atoms with Crippen LogP contribution >= 0.6 is 0 Å². The number of benzene rings is 1. The van der Waals surface area contributed by atoms with Gasteiger partial charge in [-0.25, -0.2) is 0 Å². The molecule has 0 aliphatic heterocycles. The van der Waals surface area contributed by atoms with Crippen molar-refractivity contribution in [3.8, 4) is 0 Å². The molecule has 0 aliphatic carbocycles. The number of anilines is 2. The molecule has 1 amide bonds. The molecule has 1 rings (SSSR count). The van der Waals surface area contributed by atoms with Crippen LogP contribution < -0.4 is 16.0 Å². The molecule has 4 heteroatoms. The highest BCUT2D eigenvalue weighted by atomic mass is 16.1. The van der Waals surface area contributed by atoms with Gasteiger partial charge in [0.15, 0.2) is 0 Å². The van der Waals surface area contributed by atoms with Gasteiger partial charge in [0.25, 0.3) is 5.91 Å². The van der Waals surface area contributed by atoms with E-state index < -0.39 is 0 Å². The Morgan fingerprint density at radius 1 is 1.37 bits per heavy atom. The van der Waals surface area contributed by atoms with Crippen molar-refractivity contribution in [3.63, 3.8) is 0 Å². The number of hydrogen-bond donors (Lipinski definition) is 2. The van der Waals surface area contributed by atoms with Crippen molar-refractivity contribution < 1.29 is 4.79 Å². The van der Waals surface area contributed by atoms with Gasteiger partial charge in [-0.2, -0.15) is 0 Å². The highest BCUT2D eigenvalue weighted by Gasteiger charge is 2.16. The van der Waals surface area contributed by atoms with E-state index >= 15 is 0 Å². The first-order valence-electron chi connectivity index (χ1n) is 6.74. The Morgan fingerprint density at radius 2 is 2.00 bits per heavy atom. The van der Waals surface area contributed by atoms with Gasteiger partial charge in [0.05, 0.1) is 11.4 Å². The molecule has 4 nitrogen and oxygen atoms in total. The quantitative estimate of drug-likeness (QED) is 0.802. The first-order chi connectivity index (χ1) is 8.86. The van der Waals surface area contributed by atoms with Gasteiger partial charge in [0, 0.05) is 25.7 Å². The number of amides is 1. The lowest BCUT2D eigenvalue weighted by Gasteiger charge is -2.21. The van der Waals surface area contributed by atoms with Crippen LogP contribution in [0.25, 0.3) is 0 Å². The summed E-state index contributed by atoms with van der Waals surface area (Å²) in [6.45, 7) is 6.30. The van der Waals surface area contributed by atoms with Gasteiger partial charge in [-0.05, 0) is 30.5 Å². The lowest BCUT2D eigenvalue weighted by molar-refractivity contribution is 0.0924. The number of nitrogen functional groups attached to an aromatic ring is 1. The van der Waals surface area contributed by atoms with Crippen LogP contribution in [-0.2, 0) is 0 Å². The molecule has 0 saturated carbocycles. The van der Waals surface area contributed by atoms with E-state index in [2.05, 4.69) is 26.1 Å². The fourth-order valence-corrected chi connectivity index (χ4v) is 2.09. The van der Waals surface area contributed by atoms with Crippen LogP contribution in [0.1, 0.15) is 37.6 Å². The molecule has 0 radical (unpaired) electrons. The number of hydrogen-bond acceptors (Lipinski definition) is 3. The molecule has 0 aromatic heterocycles. The van der Waals surface area contributed by atoms with Crippen LogP contribution in [0.5, 0.6) is 0 Å². The average Bonchev–Trinajstić information content (AvgIpc) is 2.34. The fourth-order valence-electron chi connectivity index (χ4n) is 2.09. The van der Waals surface area contributed by atoms with Crippen molar-refractivity contribution in [1.29, 1.82) is 0 Å². The largest absolute Gasteiger partial charge is 0.397 e. The minimum absolute atomic E-state index is 0.0578. The number of nitrogens with zero attached hydrogens (tertiary/aromatic N) is 1. The first-order valence-corrected chi connectivity index (χ1v) is 6.74. The predicted octanol–water partition coefficient (Wildman–Crippen LogP) is 2.50. The van der Waals surface area contributed by atoms with E-state index in [1.807, 2.05) is 31.1 Å². The zero-order chi connectivity index (χ0) is 14.6. The molecule has 1 aromatic carbocycles. The number of nitrogens with two attached hydrogens (primary N) is 1. The van der Waals surface area contributed by atoms with Crippen LogP contribution in [0.4, 0.5) is 11.4 Å². The number of rotatable bonds is 5. The van der Waals surface area contributed by atoms with Gasteiger partial charge in [0.1, 0.15) is 0 Å². The Balaban J connectivity index is 2.86. The van der Waals surface area contributed by atoms with Crippen LogP contribution in [0, 0.1) is 5.92 Å². The molecule has 0 heterocycles. The predicted molar refractivity (Wildman–Crippen MR) is 81.6 cm³/mol. The van der Waals surface area contributed by atoms with Gasteiger partial charge in [-0.1, -0.05) is 20.8 Å². The van der Waals surface area contributed by atoms with Gasteiger partial charge in [-0.15, -0.1) is 0 Å². The van der Waals surface area contributed by atoms with Crippen LogP contribution in [0.3, 0.4) is 0 Å². The smallest absolute Gasteiger partial charge is 0.251 e. The second-order valence-corrected chi connectivity index (χ2v) is 5.40. The third kappa shape index (κ3) is 3.88. The van der Waals surface area contributed by atoms with Gasteiger partial charge < -0.3 is 16.0 Å². The minimum Gasteiger partial charge on any atom is -0.397 e. The van der Waals surface area contributed by atoms with Crippen molar-refractivity contribution in [2.24, 2.45) is 5.92 Å². The van der Waals surface area contributed by atoms with E-state index in [9.17, 15) is 4.79 Å². The highest BCUT2D eigenvalue weighted by Crippen LogP contribution is 2.22. The molecule has 0 bridgehead atoms. The Kier molecular flexibility index (Phi) is 5.21. The monoisotopic (exact) mass is 263 g/mol. The van der Waals surface area contributed by atoms with Crippen molar-refractivity contribution in [2.45, 2.75) is 33.2 Å². The molecule has 19 heavy (non-hydrogen) atoms. The molecule has 1 aromatic rings. The summed E-state index contributed by atoms with van der Waals surface area (Å²) in [4.78, 5) is 14.1. The van der Waals surface area contributed by atoms with E-state index in [-0.39, 0.29) is 11.9 Å². The lowest BCUT2D eigenvalue weighted by atomic mass is 10.0. The molecule has 0 fully saturated rings. The Bertz CT molecular complexity index is 441. The summed E-state index contributed by atoms with van der Waals surface area (Å²) in [6.07, 6.45) is 0.925. The number of nitrogens with one attached hydrogen (secondary N) is 1. The van der Waals surface area contributed by atoms with Crippen LogP contribution in [-0.4, -0.2) is 26.0 Å². The Hall–Kier alpha value is -1.71. The SMILES string of the molecule is CCC(NC(=O)c1ccc(N(C)C)c(N)c1)C(C)C. The number of carbonyl (C=O) groups is 1. The normalized spacial score (nSPS) is 12.3. The summed E-state index contributed by atoms with van der Waals surface area (Å²) in [6, 6.07) is 5.62. The topological polar surface area (TPSA) is 58.4 Å². The van der Waals surface area contributed by atoms with E-state index in [1.165, 1.54) is 0 Å². The molecule has 1 unspecified atom stereocenters. The third-order valence-corrected chi connectivity index (χ3v) is 3.33. The average molecular weight is 263 g/mol. The van der Waals surface area contributed by atoms with E-state index in [0.29, 0.717) is 17.2 Å². The second kappa shape index (κ2) is 6.45. The lowest BCUT2D eigenvalue weighted by Crippen LogP contribution is -2.38. The maximum absolute atomic E-state index is 12.2. The summed E-state index contributed by atoms with van der Waals surface area (Å²) < 4.78 is 0. The molecular formula is C15H25N3O. The van der Waals surface area contributed by atoms with Crippen LogP contribution in [0.15, 0.2) is 18.2 Å². The summed E-state index contributed by atoms with van der Waals surface area (Å²) in [5, 5.41) is 3.05. The maximum atomic E-state index is 12.2. The summed E-state index contributed by atoms with van der Waals surface area (Å²) in [5.41, 5.74) is 8.12. The van der Waals surface area contributed by atoms with E-state index in [0.717, 1.165) is 12.1 Å². The summed E-state index contributed by atoms with van der Waals surface area (Å²) in [5.74, 6) is 0.366. The zero-order valence-corrected chi connectivity index (χ0v) is 12.5. The standard InChI is InChI=1S/C15H25N3O/c1-6-13(10(2)3)17-15(19)11-7-8-14(18(4)5)12(16)9-11/h7-10,13H,6,16H2,1-5H3,(H,17,19). The molecule has 0 spiro atoms. The van der Waals surface area contributed by atoms with E-state index in [4.69, 9.17) is 5.73 Å². The summed E-state index contributed by atoms with van der Waals surface area (Å²) >= 11 is 0. The zero-order valence-electron chi connectivity index (χ0n) is 12.5. The van der Waals surface area contributed by atoms with Gasteiger partial charge >= 0.3 is 0 Å². The Morgan fingerprint density at radius 3 is 2.42 bits per heavy atom. The number of carbonyl (C=O) groups excluding carboxylic acids is 1. The fraction of sp³-hybridized carbons (Fsp3) is 0.533. The van der Waals surface area contributed by atoms with Crippen molar-refractivity contribution >= 4 is 17.3 Å². The van der Waals surface area contributed by atoms with Crippen molar-refractivity contribution in [3.05, 3.63) is 23.8 Å². The van der Waals surface area contributed by atoms with Crippen molar-refractivity contribution in [2.75, 3.05) is 24.7 Å². The second-order valence-electron chi connectivity index (χ2n) is 5.40. The van der Waals surface area contributed by atoms with Crippen molar-refractivity contribution in [1.82, 2.24) is 5.32 Å². The maximum Gasteiger partial charge on any atom is 0.251 e. The first kappa shape index (κ1) is 15.3. The Labute approximate surface area is 116 Å². The summed E-state index contributed by atoms with van der Waals surface area (Å²) in [7, 11) is 3.86. The van der Waals surface area contributed by atoms with Gasteiger partial charge in [0.2, 0.25) is 0 Å². The van der Waals surface area contributed by atoms with Gasteiger partial charge in [-0.3, -0.25) is 4.79 Å². The molecule has 106 valence electrons. The minimum atomic E-state index is -0.0578. The molecule has 0 saturated heterocycles. The third-order valence-electron chi connectivity index (χ3n) is 3.33. The highest BCUT2D eigenvalue weighted by molar-refractivity contribution is 5.96.